The van der Waals surface area contributed by atoms with Crippen molar-refractivity contribution in [2.75, 3.05) is 11.9 Å². The minimum absolute atomic E-state index is 0.0179. The maximum Gasteiger partial charge on any atom is 0.262 e. The zero-order chi connectivity index (χ0) is 23.6. The number of benzene rings is 3. The van der Waals surface area contributed by atoms with Gasteiger partial charge in [-0.05, 0) is 54.8 Å². The molecule has 6 heteroatoms. The molecule has 0 aliphatic heterocycles. The Kier molecular flexibility index (Phi) is 7.98. The first-order valence-corrected chi connectivity index (χ1v) is 10.5. The molecule has 3 aromatic rings. The molecule has 33 heavy (non-hydrogen) atoms. The third-order valence-corrected chi connectivity index (χ3v) is 4.86. The van der Waals surface area contributed by atoms with Crippen molar-refractivity contribution in [2.24, 2.45) is 0 Å². The number of hydrogen-bond acceptors (Lipinski definition) is 4. The molecule has 0 saturated carbocycles. The fourth-order valence-electron chi connectivity index (χ4n) is 3.17. The van der Waals surface area contributed by atoms with E-state index in [4.69, 9.17) is 4.74 Å². The number of nitrogens with zero attached hydrogens (tertiary/aromatic N) is 1. The summed E-state index contributed by atoms with van der Waals surface area (Å²) in [5.74, 6) is -0.275. The first kappa shape index (κ1) is 23.3. The van der Waals surface area contributed by atoms with Gasteiger partial charge < -0.3 is 15.4 Å². The molecule has 0 aliphatic carbocycles. The topological polar surface area (TPSA) is 91.2 Å². The molecule has 0 bridgehead atoms. The minimum atomic E-state index is -0.458. The summed E-state index contributed by atoms with van der Waals surface area (Å²) in [5.41, 5.74) is 4.38. The Bertz CT molecular complexity index is 1210. The zero-order valence-corrected chi connectivity index (χ0v) is 18.6. The summed E-state index contributed by atoms with van der Waals surface area (Å²) in [6.07, 6.45) is 1.49. The third-order valence-electron chi connectivity index (χ3n) is 4.86. The highest BCUT2D eigenvalue weighted by Crippen LogP contribution is 2.18. The zero-order valence-electron chi connectivity index (χ0n) is 18.6. The predicted molar refractivity (Wildman–Crippen MR) is 128 cm³/mol. The number of carbonyl (C=O) groups excluding carboxylic acids is 2. The number of nitrogens with one attached hydrogen (secondary N) is 2. The first-order chi connectivity index (χ1) is 15.9. The van der Waals surface area contributed by atoms with E-state index in [9.17, 15) is 14.9 Å². The smallest absolute Gasteiger partial charge is 0.262 e. The molecular weight excluding hydrogens is 414 g/mol. The van der Waals surface area contributed by atoms with E-state index in [-0.39, 0.29) is 18.1 Å². The van der Waals surface area contributed by atoms with Gasteiger partial charge in [0.25, 0.3) is 11.8 Å². The Labute approximate surface area is 193 Å². The lowest BCUT2D eigenvalue weighted by molar-refractivity contribution is -0.118. The molecule has 0 saturated heterocycles. The molecular formula is C27H25N3O3. The molecule has 166 valence electrons. The van der Waals surface area contributed by atoms with Gasteiger partial charge in [0.2, 0.25) is 0 Å². The fourth-order valence-corrected chi connectivity index (χ4v) is 3.17. The van der Waals surface area contributed by atoms with Gasteiger partial charge in [-0.1, -0.05) is 60.2 Å². The number of rotatable bonds is 8. The van der Waals surface area contributed by atoms with E-state index in [1.165, 1.54) is 6.08 Å². The molecule has 0 aliphatic rings. The molecule has 2 N–H and O–H groups in total. The summed E-state index contributed by atoms with van der Waals surface area (Å²) in [6.45, 7) is 4.09. The molecule has 0 fully saturated rings. The second-order valence-corrected chi connectivity index (χ2v) is 7.57. The standard InChI is InChI=1S/C27H25N3O3/c1-19-11-12-25(20(2)13-19)30-26(31)18-33-24-10-6-9-22(15-24)14-23(16-28)27(32)29-17-21-7-4-3-5-8-21/h3-15H,17-18H2,1-2H3,(H,29,32)(H,30,31)/b23-14+. The molecule has 3 rings (SSSR count). The number of anilines is 1. The largest absolute Gasteiger partial charge is 0.484 e. The van der Waals surface area contributed by atoms with Crippen molar-refractivity contribution in [3.63, 3.8) is 0 Å². The number of ether oxygens (including phenoxy) is 1. The van der Waals surface area contributed by atoms with E-state index in [2.05, 4.69) is 10.6 Å². The van der Waals surface area contributed by atoms with E-state index in [0.29, 0.717) is 17.9 Å². The van der Waals surface area contributed by atoms with Crippen molar-refractivity contribution in [3.05, 3.63) is 101 Å². The van der Waals surface area contributed by atoms with E-state index >= 15 is 0 Å². The summed E-state index contributed by atoms with van der Waals surface area (Å²) >= 11 is 0. The maximum atomic E-state index is 12.4. The fraction of sp³-hybridized carbons (Fsp3) is 0.148. The normalized spacial score (nSPS) is 10.8. The lowest BCUT2D eigenvalue weighted by Gasteiger charge is -2.10. The van der Waals surface area contributed by atoms with Crippen LogP contribution in [0.5, 0.6) is 5.75 Å². The van der Waals surface area contributed by atoms with Gasteiger partial charge in [-0.25, -0.2) is 0 Å². The Morgan fingerprint density at radius 1 is 1.00 bits per heavy atom. The Hall–Kier alpha value is -4.37. The van der Waals surface area contributed by atoms with Crippen molar-refractivity contribution in [3.8, 4) is 11.8 Å². The highest BCUT2D eigenvalue weighted by Gasteiger charge is 2.10. The van der Waals surface area contributed by atoms with Gasteiger partial charge in [0.1, 0.15) is 17.4 Å². The Morgan fingerprint density at radius 3 is 2.52 bits per heavy atom. The molecule has 0 radical (unpaired) electrons. The summed E-state index contributed by atoms with van der Waals surface area (Å²) in [7, 11) is 0. The quantitative estimate of drug-likeness (QED) is 0.398. The molecule has 0 heterocycles. The van der Waals surface area contributed by atoms with Crippen LogP contribution in [0.3, 0.4) is 0 Å². The summed E-state index contributed by atoms with van der Waals surface area (Å²) in [6, 6.07) is 24.1. The highest BCUT2D eigenvalue weighted by molar-refractivity contribution is 6.01. The molecule has 0 aromatic heterocycles. The van der Waals surface area contributed by atoms with Crippen LogP contribution >= 0.6 is 0 Å². The molecule has 3 aromatic carbocycles. The molecule has 0 spiro atoms. The first-order valence-electron chi connectivity index (χ1n) is 10.5. The van der Waals surface area contributed by atoms with Crippen LogP contribution in [0.2, 0.25) is 0 Å². The predicted octanol–water partition coefficient (Wildman–Crippen LogP) is 4.54. The van der Waals surface area contributed by atoms with Crippen molar-refractivity contribution in [1.82, 2.24) is 5.32 Å². The molecule has 2 amide bonds. The van der Waals surface area contributed by atoms with Crippen LogP contribution in [-0.2, 0) is 16.1 Å². The van der Waals surface area contributed by atoms with E-state index in [0.717, 1.165) is 22.4 Å². The summed E-state index contributed by atoms with van der Waals surface area (Å²) in [5, 5.41) is 15.0. The summed E-state index contributed by atoms with van der Waals surface area (Å²) in [4.78, 5) is 24.7. The SMILES string of the molecule is Cc1ccc(NC(=O)COc2cccc(/C=C(\C#N)C(=O)NCc3ccccc3)c2)c(C)c1. The maximum absolute atomic E-state index is 12.4. The van der Waals surface area contributed by atoms with Gasteiger partial charge in [-0.15, -0.1) is 0 Å². The number of hydrogen-bond donors (Lipinski definition) is 2. The third kappa shape index (κ3) is 7.08. The number of amides is 2. The number of carbonyl (C=O) groups is 2. The highest BCUT2D eigenvalue weighted by atomic mass is 16.5. The van der Waals surface area contributed by atoms with Crippen molar-refractivity contribution >= 4 is 23.6 Å². The lowest BCUT2D eigenvalue weighted by atomic mass is 10.1. The second-order valence-electron chi connectivity index (χ2n) is 7.57. The van der Waals surface area contributed by atoms with Gasteiger partial charge in [0, 0.05) is 12.2 Å². The van der Waals surface area contributed by atoms with Crippen LogP contribution in [0.15, 0.2) is 78.4 Å². The molecule has 6 nitrogen and oxygen atoms in total. The summed E-state index contributed by atoms with van der Waals surface area (Å²) < 4.78 is 5.60. The van der Waals surface area contributed by atoms with Gasteiger partial charge in [0.05, 0.1) is 0 Å². The van der Waals surface area contributed by atoms with Crippen LogP contribution in [0.25, 0.3) is 6.08 Å². The van der Waals surface area contributed by atoms with Gasteiger partial charge in [0.15, 0.2) is 6.61 Å². The van der Waals surface area contributed by atoms with Crippen LogP contribution in [0.4, 0.5) is 5.69 Å². The van der Waals surface area contributed by atoms with Crippen molar-refractivity contribution < 1.29 is 14.3 Å². The van der Waals surface area contributed by atoms with E-state index < -0.39 is 5.91 Å². The van der Waals surface area contributed by atoms with Crippen LogP contribution in [0, 0.1) is 25.2 Å². The Balaban J connectivity index is 1.59. The van der Waals surface area contributed by atoms with E-state index in [1.807, 2.05) is 68.4 Å². The van der Waals surface area contributed by atoms with Crippen molar-refractivity contribution in [1.29, 1.82) is 5.26 Å². The van der Waals surface area contributed by atoms with Gasteiger partial charge >= 0.3 is 0 Å². The second kappa shape index (κ2) is 11.3. The van der Waals surface area contributed by atoms with E-state index in [1.54, 1.807) is 24.3 Å². The average molecular weight is 440 g/mol. The van der Waals surface area contributed by atoms with Crippen molar-refractivity contribution in [2.45, 2.75) is 20.4 Å². The number of aryl methyl sites for hydroxylation is 2. The average Bonchev–Trinajstić information content (AvgIpc) is 2.82. The number of nitriles is 1. The molecule has 0 unspecified atom stereocenters. The van der Waals surface area contributed by atoms with Crippen LogP contribution < -0.4 is 15.4 Å². The van der Waals surface area contributed by atoms with Gasteiger partial charge in [-0.2, -0.15) is 5.26 Å². The van der Waals surface area contributed by atoms with Crippen LogP contribution in [0.1, 0.15) is 22.3 Å². The molecule has 0 atom stereocenters. The Morgan fingerprint density at radius 2 is 1.79 bits per heavy atom. The van der Waals surface area contributed by atoms with Gasteiger partial charge in [-0.3, -0.25) is 9.59 Å². The monoisotopic (exact) mass is 439 g/mol. The lowest BCUT2D eigenvalue weighted by Crippen LogP contribution is -2.23. The minimum Gasteiger partial charge on any atom is -0.484 e. The van der Waals surface area contributed by atoms with Crippen LogP contribution in [-0.4, -0.2) is 18.4 Å².